The number of nitrogens with zero attached hydrogens (tertiary/aromatic N) is 1. The van der Waals surface area contributed by atoms with E-state index in [2.05, 4.69) is 0 Å². The van der Waals surface area contributed by atoms with E-state index in [0.29, 0.717) is 18.2 Å². The molecule has 1 aromatic carbocycles. The standard InChI is InChI=1S/C12H17ClN2O2/c1-9(12(14)16)15(2)6-7-17-11-5-3-4-10(13)8-11/h3-5,8-9H,6-7H2,1-2H3,(H2,14,16)/t9-/m0/s1. The molecule has 1 aromatic rings. The van der Waals surface area contributed by atoms with Crippen LogP contribution in [-0.4, -0.2) is 37.0 Å². The van der Waals surface area contributed by atoms with Gasteiger partial charge in [0.05, 0.1) is 6.04 Å². The van der Waals surface area contributed by atoms with Crippen molar-refractivity contribution in [1.29, 1.82) is 0 Å². The fourth-order valence-electron chi connectivity index (χ4n) is 1.28. The highest BCUT2D eigenvalue weighted by atomic mass is 35.5. The molecule has 0 bridgehead atoms. The van der Waals surface area contributed by atoms with Gasteiger partial charge in [-0.15, -0.1) is 0 Å². The quantitative estimate of drug-likeness (QED) is 0.840. The van der Waals surface area contributed by atoms with Crippen LogP contribution in [-0.2, 0) is 4.79 Å². The van der Waals surface area contributed by atoms with E-state index >= 15 is 0 Å². The van der Waals surface area contributed by atoms with Gasteiger partial charge in [-0.2, -0.15) is 0 Å². The SMILES string of the molecule is C[C@@H](C(N)=O)N(C)CCOc1cccc(Cl)c1. The number of primary amides is 1. The third kappa shape index (κ3) is 4.63. The van der Waals surface area contributed by atoms with Crippen LogP contribution in [0.15, 0.2) is 24.3 Å². The summed E-state index contributed by atoms with van der Waals surface area (Å²) in [5.74, 6) is 0.382. The summed E-state index contributed by atoms with van der Waals surface area (Å²) in [7, 11) is 1.83. The van der Waals surface area contributed by atoms with E-state index in [0.717, 1.165) is 5.75 Å². The van der Waals surface area contributed by atoms with Crippen LogP contribution in [0.25, 0.3) is 0 Å². The van der Waals surface area contributed by atoms with E-state index in [1.165, 1.54) is 0 Å². The van der Waals surface area contributed by atoms with Crippen LogP contribution >= 0.6 is 11.6 Å². The first-order valence-corrected chi connectivity index (χ1v) is 5.76. The Hall–Kier alpha value is -1.26. The first kappa shape index (κ1) is 13.8. The zero-order valence-corrected chi connectivity index (χ0v) is 10.8. The first-order chi connectivity index (χ1) is 8.00. The smallest absolute Gasteiger partial charge is 0.234 e. The summed E-state index contributed by atoms with van der Waals surface area (Å²) in [4.78, 5) is 12.8. The second kappa shape index (κ2) is 6.47. The normalized spacial score (nSPS) is 12.5. The Morgan fingerprint density at radius 2 is 2.29 bits per heavy atom. The minimum Gasteiger partial charge on any atom is -0.492 e. The highest BCUT2D eigenvalue weighted by Gasteiger charge is 2.14. The van der Waals surface area contributed by atoms with Crippen LogP contribution in [0.1, 0.15) is 6.92 Å². The summed E-state index contributed by atoms with van der Waals surface area (Å²) in [6, 6.07) is 6.91. The van der Waals surface area contributed by atoms with Crippen LogP contribution in [0.2, 0.25) is 5.02 Å². The number of likely N-dealkylation sites (N-methyl/N-ethyl adjacent to an activating group) is 1. The van der Waals surface area contributed by atoms with Crippen molar-refractivity contribution in [3.63, 3.8) is 0 Å². The van der Waals surface area contributed by atoms with E-state index in [1.54, 1.807) is 19.1 Å². The molecule has 0 aliphatic rings. The van der Waals surface area contributed by atoms with Gasteiger partial charge >= 0.3 is 0 Å². The summed E-state index contributed by atoms with van der Waals surface area (Å²) < 4.78 is 5.51. The van der Waals surface area contributed by atoms with Gasteiger partial charge in [0.2, 0.25) is 5.91 Å². The highest BCUT2D eigenvalue weighted by Crippen LogP contribution is 2.16. The predicted molar refractivity (Wildman–Crippen MR) is 68.2 cm³/mol. The van der Waals surface area contributed by atoms with Crippen molar-refractivity contribution in [2.24, 2.45) is 5.73 Å². The Morgan fingerprint density at radius 3 is 2.88 bits per heavy atom. The largest absolute Gasteiger partial charge is 0.492 e. The predicted octanol–water partition coefficient (Wildman–Crippen LogP) is 1.52. The van der Waals surface area contributed by atoms with Gasteiger partial charge in [-0.3, -0.25) is 9.69 Å². The summed E-state index contributed by atoms with van der Waals surface area (Å²) in [5, 5.41) is 0.640. The minimum absolute atomic E-state index is 0.294. The van der Waals surface area contributed by atoms with Crippen molar-refractivity contribution in [2.45, 2.75) is 13.0 Å². The molecule has 0 spiro atoms. The number of hydrogen-bond acceptors (Lipinski definition) is 3. The minimum atomic E-state index is -0.338. The average molecular weight is 257 g/mol. The molecule has 0 aliphatic heterocycles. The van der Waals surface area contributed by atoms with Gasteiger partial charge in [0.1, 0.15) is 12.4 Å². The molecule has 0 saturated heterocycles. The van der Waals surface area contributed by atoms with Gasteiger partial charge in [-0.05, 0) is 32.2 Å². The number of benzene rings is 1. The Balaban J connectivity index is 2.35. The molecule has 94 valence electrons. The number of rotatable bonds is 6. The number of amides is 1. The maximum atomic E-state index is 10.9. The van der Waals surface area contributed by atoms with Crippen molar-refractivity contribution in [3.8, 4) is 5.75 Å². The Morgan fingerprint density at radius 1 is 1.59 bits per heavy atom. The van der Waals surface area contributed by atoms with Crippen LogP contribution in [0.4, 0.5) is 0 Å². The maximum absolute atomic E-state index is 10.9. The highest BCUT2D eigenvalue weighted by molar-refractivity contribution is 6.30. The second-order valence-electron chi connectivity index (χ2n) is 3.86. The number of nitrogens with two attached hydrogens (primary N) is 1. The molecule has 0 heterocycles. The Bertz CT molecular complexity index is 385. The van der Waals surface area contributed by atoms with E-state index in [1.807, 2.05) is 24.1 Å². The summed E-state index contributed by atoms with van der Waals surface area (Å²) in [5.41, 5.74) is 5.20. The lowest BCUT2D eigenvalue weighted by Crippen LogP contribution is -2.41. The van der Waals surface area contributed by atoms with Crippen molar-refractivity contribution in [2.75, 3.05) is 20.2 Å². The summed E-state index contributed by atoms with van der Waals surface area (Å²) >= 11 is 5.83. The molecular formula is C12H17ClN2O2. The van der Waals surface area contributed by atoms with Crippen molar-refractivity contribution >= 4 is 17.5 Å². The summed E-state index contributed by atoms with van der Waals surface area (Å²) in [6.07, 6.45) is 0. The number of hydrogen-bond donors (Lipinski definition) is 1. The van der Waals surface area contributed by atoms with Crippen molar-refractivity contribution < 1.29 is 9.53 Å². The lowest BCUT2D eigenvalue weighted by molar-refractivity contribution is -0.122. The molecule has 0 saturated carbocycles. The van der Waals surface area contributed by atoms with E-state index in [4.69, 9.17) is 22.1 Å². The fourth-order valence-corrected chi connectivity index (χ4v) is 1.46. The molecule has 17 heavy (non-hydrogen) atoms. The van der Waals surface area contributed by atoms with Crippen LogP contribution in [0.3, 0.4) is 0 Å². The second-order valence-corrected chi connectivity index (χ2v) is 4.30. The first-order valence-electron chi connectivity index (χ1n) is 5.38. The van der Waals surface area contributed by atoms with Gasteiger partial charge < -0.3 is 10.5 Å². The van der Waals surface area contributed by atoms with Crippen LogP contribution < -0.4 is 10.5 Å². The molecular weight excluding hydrogens is 240 g/mol. The zero-order valence-electron chi connectivity index (χ0n) is 10.0. The van der Waals surface area contributed by atoms with Crippen LogP contribution in [0, 0.1) is 0 Å². The lowest BCUT2D eigenvalue weighted by Gasteiger charge is -2.21. The third-order valence-corrected chi connectivity index (χ3v) is 2.82. The topological polar surface area (TPSA) is 55.6 Å². The number of carbonyl (C=O) groups excluding carboxylic acids is 1. The van der Waals surface area contributed by atoms with Gasteiger partial charge in [0.15, 0.2) is 0 Å². The fraction of sp³-hybridized carbons (Fsp3) is 0.417. The van der Waals surface area contributed by atoms with E-state index < -0.39 is 0 Å². The molecule has 1 amide bonds. The molecule has 1 atom stereocenters. The molecule has 0 radical (unpaired) electrons. The average Bonchev–Trinajstić information content (AvgIpc) is 2.27. The van der Waals surface area contributed by atoms with E-state index in [9.17, 15) is 4.79 Å². The van der Waals surface area contributed by atoms with Crippen molar-refractivity contribution in [1.82, 2.24) is 4.90 Å². The third-order valence-electron chi connectivity index (χ3n) is 2.58. The van der Waals surface area contributed by atoms with E-state index in [-0.39, 0.29) is 11.9 Å². The summed E-state index contributed by atoms with van der Waals surface area (Å²) in [6.45, 7) is 2.87. The van der Waals surface area contributed by atoms with Gasteiger partial charge in [0, 0.05) is 11.6 Å². The number of halogens is 1. The zero-order chi connectivity index (χ0) is 12.8. The molecule has 2 N–H and O–H groups in total. The molecule has 0 fully saturated rings. The molecule has 0 aliphatic carbocycles. The van der Waals surface area contributed by atoms with Crippen molar-refractivity contribution in [3.05, 3.63) is 29.3 Å². The molecule has 0 unspecified atom stereocenters. The van der Waals surface area contributed by atoms with Crippen LogP contribution in [0.5, 0.6) is 5.75 Å². The number of ether oxygens (including phenoxy) is 1. The lowest BCUT2D eigenvalue weighted by atomic mass is 10.3. The Kier molecular flexibility index (Phi) is 5.25. The molecule has 4 nitrogen and oxygen atoms in total. The monoisotopic (exact) mass is 256 g/mol. The maximum Gasteiger partial charge on any atom is 0.234 e. The molecule has 0 aromatic heterocycles. The Labute approximate surface area is 106 Å². The van der Waals surface area contributed by atoms with Gasteiger partial charge in [0.25, 0.3) is 0 Å². The number of carbonyl (C=O) groups is 1. The molecule has 5 heteroatoms. The van der Waals surface area contributed by atoms with Gasteiger partial charge in [-0.25, -0.2) is 0 Å². The molecule has 1 rings (SSSR count). The van der Waals surface area contributed by atoms with Gasteiger partial charge in [-0.1, -0.05) is 17.7 Å².